The van der Waals surface area contributed by atoms with Gasteiger partial charge in [-0.05, 0) is 24.1 Å². The number of benzene rings is 1. The van der Waals surface area contributed by atoms with Crippen molar-refractivity contribution in [3.8, 4) is 0 Å². The number of anilines is 2. The Morgan fingerprint density at radius 2 is 1.91 bits per heavy atom. The highest BCUT2D eigenvalue weighted by molar-refractivity contribution is 5.92. The summed E-state index contributed by atoms with van der Waals surface area (Å²) in [4.78, 5) is 13.3. The third kappa shape index (κ3) is 4.91. The van der Waals surface area contributed by atoms with Crippen LogP contribution in [0.2, 0.25) is 0 Å². The largest absolute Gasteiger partial charge is 0.418 e. The molecule has 1 unspecified atom stereocenters. The number of halogens is 3. The van der Waals surface area contributed by atoms with Crippen LogP contribution in [0.15, 0.2) is 18.2 Å². The summed E-state index contributed by atoms with van der Waals surface area (Å²) in [7, 11) is 3.26. The summed E-state index contributed by atoms with van der Waals surface area (Å²) in [5.41, 5.74) is -0.835. The molecule has 0 aliphatic rings. The molecule has 0 aliphatic heterocycles. The van der Waals surface area contributed by atoms with Gasteiger partial charge in [0.15, 0.2) is 0 Å². The van der Waals surface area contributed by atoms with Crippen molar-refractivity contribution in [2.24, 2.45) is 5.92 Å². The molecule has 1 aromatic carbocycles. The molecule has 1 amide bonds. The molecule has 22 heavy (non-hydrogen) atoms. The lowest BCUT2D eigenvalue weighted by molar-refractivity contribution is -0.136. The predicted octanol–water partition coefficient (Wildman–Crippen LogP) is 3.12. The van der Waals surface area contributed by atoms with E-state index in [-0.39, 0.29) is 18.0 Å². The number of hydrogen-bond acceptors (Lipinski definition) is 3. The number of carbonyl (C=O) groups is 1. The summed E-state index contributed by atoms with van der Waals surface area (Å²) >= 11 is 0. The molecule has 2 N–H and O–H groups in total. The predicted molar refractivity (Wildman–Crippen MR) is 79.9 cm³/mol. The van der Waals surface area contributed by atoms with Gasteiger partial charge < -0.3 is 15.3 Å². The van der Waals surface area contributed by atoms with Crippen molar-refractivity contribution in [3.63, 3.8) is 0 Å². The van der Waals surface area contributed by atoms with E-state index in [1.54, 1.807) is 32.8 Å². The van der Waals surface area contributed by atoms with Crippen molar-refractivity contribution in [3.05, 3.63) is 23.8 Å². The zero-order valence-corrected chi connectivity index (χ0v) is 13.0. The van der Waals surface area contributed by atoms with E-state index in [1.807, 2.05) is 0 Å². The third-order valence-corrected chi connectivity index (χ3v) is 3.26. The molecule has 0 radical (unpaired) electrons. The van der Waals surface area contributed by atoms with Gasteiger partial charge in [0.25, 0.3) is 0 Å². The molecule has 0 aromatic heterocycles. The van der Waals surface area contributed by atoms with Gasteiger partial charge in [0, 0.05) is 19.8 Å². The Balaban J connectivity index is 3.01. The van der Waals surface area contributed by atoms with E-state index in [9.17, 15) is 23.1 Å². The highest BCUT2D eigenvalue weighted by Crippen LogP contribution is 2.37. The van der Waals surface area contributed by atoms with Gasteiger partial charge in [-0.15, -0.1) is 0 Å². The van der Waals surface area contributed by atoms with Gasteiger partial charge in [0.05, 0.1) is 23.8 Å². The lowest BCUT2D eigenvalue weighted by atomic mass is 10.0. The van der Waals surface area contributed by atoms with E-state index in [4.69, 9.17) is 0 Å². The fraction of sp³-hybridized carbons (Fsp3) is 0.533. The van der Waals surface area contributed by atoms with Crippen LogP contribution in [0.3, 0.4) is 0 Å². The molecule has 0 heterocycles. The fourth-order valence-electron chi connectivity index (χ4n) is 1.78. The van der Waals surface area contributed by atoms with Crippen LogP contribution in [0.4, 0.5) is 24.5 Å². The monoisotopic (exact) mass is 318 g/mol. The second-order valence-corrected chi connectivity index (χ2v) is 5.69. The van der Waals surface area contributed by atoms with Crippen LogP contribution in [-0.4, -0.2) is 31.2 Å². The van der Waals surface area contributed by atoms with Gasteiger partial charge in [-0.1, -0.05) is 13.8 Å². The minimum Gasteiger partial charge on any atom is -0.392 e. The molecule has 0 saturated carbocycles. The van der Waals surface area contributed by atoms with Gasteiger partial charge in [-0.3, -0.25) is 4.79 Å². The van der Waals surface area contributed by atoms with E-state index in [1.165, 1.54) is 12.1 Å². The first-order valence-corrected chi connectivity index (χ1v) is 6.89. The molecule has 124 valence electrons. The summed E-state index contributed by atoms with van der Waals surface area (Å²) in [6.45, 7) is 3.45. The number of hydrogen-bond donors (Lipinski definition) is 2. The molecule has 0 spiro atoms. The second kappa shape index (κ2) is 7.00. The molecule has 1 rings (SSSR count). The molecule has 1 aromatic rings. The lowest BCUT2D eigenvalue weighted by Gasteiger charge is -2.19. The Hall–Kier alpha value is -1.76. The minimum atomic E-state index is -4.58. The first-order valence-electron chi connectivity index (χ1n) is 6.89. The first kappa shape index (κ1) is 18.3. The molecule has 0 aliphatic carbocycles. The van der Waals surface area contributed by atoms with Gasteiger partial charge in [-0.2, -0.15) is 13.2 Å². The number of amides is 1. The zero-order valence-electron chi connectivity index (χ0n) is 13.0. The molecule has 4 nitrogen and oxygen atoms in total. The average Bonchev–Trinajstić information content (AvgIpc) is 2.37. The highest BCUT2D eigenvalue weighted by atomic mass is 19.4. The van der Waals surface area contributed by atoms with Crippen molar-refractivity contribution in [2.75, 3.05) is 24.3 Å². The Labute approximate surface area is 127 Å². The summed E-state index contributed by atoms with van der Waals surface area (Å²) in [6, 6.07) is 3.69. The number of nitrogens with zero attached hydrogens (tertiary/aromatic N) is 1. The SMILES string of the molecule is CC(C)C(O)CC(=O)Nc1ccc(N(C)C)cc1C(F)(F)F. The van der Waals surface area contributed by atoms with Crippen molar-refractivity contribution in [2.45, 2.75) is 32.5 Å². The van der Waals surface area contributed by atoms with Gasteiger partial charge in [0.2, 0.25) is 5.91 Å². The summed E-state index contributed by atoms with van der Waals surface area (Å²) < 4.78 is 39.3. The Morgan fingerprint density at radius 1 is 1.32 bits per heavy atom. The smallest absolute Gasteiger partial charge is 0.392 e. The number of alkyl halides is 3. The van der Waals surface area contributed by atoms with Gasteiger partial charge in [-0.25, -0.2) is 0 Å². The summed E-state index contributed by atoms with van der Waals surface area (Å²) in [5, 5.41) is 11.9. The molecule has 0 saturated heterocycles. The standard InChI is InChI=1S/C15H21F3N2O2/c1-9(2)13(21)8-14(22)19-12-6-5-10(20(3)4)7-11(12)15(16,17)18/h5-7,9,13,21H,8H2,1-4H3,(H,19,22). The topological polar surface area (TPSA) is 52.6 Å². The van der Waals surface area contributed by atoms with Crippen LogP contribution >= 0.6 is 0 Å². The molecule has 1 atom stereocenters. The molecular formula is C15H21F3N2O2. The highest BCUT2D eigenvalue weighted by Gasteiger charge is 2.34. The Kier molecular flexibility index (Phi) is 5.82. The maximum absolute atomic E-state index is 13.1. The number of aliphatic hydroxyl groups excluding tert-OH is 1. The van der Waals surface area contributed by atoms with Crippen molar-refractivity contribution < 1.29 is 23.1 Å². The minimum absolute atomic E-state index is 0.149. The molecular weight excluding hydrogens is 297 g/mol. The fourth-order valence-corrected chi connectivity index (χ4v) is 1.78. The third-order valence-electron chi connectivity index (χ3n) is 3.26. The Bertz CT molecular complexity index is 528. The van der Waals surface area contributed by atoms with Gasteiger partial charge >= 0.3 is 6.18 Å². The van der Waals surface area contributed by atoms with E-state index < -0.39 is 23.8 Å². The molecule has 7 heteroatoms. The van der Waals surface area contributed by atoms with Crippen LogP contribution < -0.4 is 10.2 Å². The van der Waals surface area contributed by atoms with Crippen molar-refractivity contribution >= 4 is 17.3 Å². The maximum Gasteiger partial charge on any atom is 0.418 e. The van der Waals surface area contributed by atoms with Crippen molar-refractivity contribution in [1.82, 2.24) is 0 Å². The maximum atomic E-state index is 13.1. The number of aliphatic hydroxyl groups is 1. The van der Waals surface area contributed by atoms with Crippen LogP contribution in [0.5, 0.6) is 0 Å². The summed E-state index contributed by atoms with van der Waals surface area (Å²) in [5.74, 6) is -0.798. The van der Waals surface area contributed by atoms with E-state index in [0.29, 0.717) is 5.69 Å². The zero-order chi connectivity index (χ0) is 17.1. The lowest BCUT2D eigenvalue weighted by Crippen LogP contribution is -2.25. The number of nitrogens with one attached hydrogen (secondary N) is 1. The average molecular weight is 318 g/mol. The number of rotatable bonds is 5. The summed E-state index contributed by atoms with van der Waals surface area (Å²) in [6.07, 6.45) is -5.72. The Morgan fingerprint density at radius 3 is 2.36 bits per heavy atom. The van der Waals surface area contributed by atoms with E-state index >= 15 is 0 Å². The van der Waals surface area contributed by atoms with Crippen LogP contribution in [0.1, 0.15) is 25.8 Å². The molecule has 0 fully saturated rings. The van der Waals surface area contributed by atoms with Crippen LogP contribution in [0, 0.1) is 5.92 Å². The van der Waals surface area contributed by atoms with E-state index in [2.05, 4.69) is 5.32 Å². The normalized spacial score (nSPS) is 13.1. The van der Waals surface area contributed by atoms with Gasteiger partial charge in [0.1, 0.15) is 0 Å². The number of carbonyl (C=O) groups excluding carboxylic acids is 1. The second-order valence-electron chi connectivity index (χ2n) is 5.69. The first-order chi connectivity index (χ1) is 10.0. The van der Waals surface area contributed by atoms with Crippen LogP contribution in [0.25, 0.3) is 0 Å². The van der Waals surface area contributed by atoms with E-state index in [0.717, 1.165) is 6.07 Å². The van der Waals surface area contributed by atoms with Crippen molar-refractivity contribution in [1.29, 1.82) is 0 Å². The molecule has 0 bridgehead atoms. The quantitative estimate of drug-likeness (QED) is 0.877. The van der Waals surface area contributed by atoms with Crippen LogP contribution in [-0.2, 0) is 11.0 Å².